The zero-order chi connectivity index (χ0) is 42.9. The number of fused-ring (bicyclic) bond motifs is 2. The van der Waals surface area contributed by atoms with Crippen LogP contribution in [0.3, 0.4) is 0 Å². The molecule has 0 bridgehead atoms. The van der Waals surface area contributed by atoms with Gasteiger partial charge in [0.1, 0.15) is 17.2 Å². The lowest BCUT2D eigenvalue weighted by Gasteiger charge is -2.43. The second kappa shape index (κ2) is 20.8. The maximum Gasteiger partial charge on any atom is 0.247 e. The van der Waals surface area contributed by atoms with E-state index in [0.29, 0.717) is 6.67 Å². The highest BCUT2D eigenvalue weighted by Gasteiger charge is 2.50. The average molecular weight is 877 g/mol. The van der Waals surface area contributed by atoms with E-state index in [-0.39, 0.29) is 30.1 Å². The summed E-state index contributed by atoms with van der Waals surface area (Å²) in [6, 6.07) is 38.2. The number of rotatable bonds is 12. The molecule has 4 aliphatic rings. The predicted molar refractivity (Wildman–Crippen MR) is 248 cm³/mol. The molecule has 5 aromatic carbocycles. The number of carbonyl (C=O) groups excluding carboxylic acids is 1. The number of hydrogen-bond acceptors (Lipinski definition) is 7. The van der Waals surface area contributed by atoms with Gasteiger partial charge in [0.2, 0.25) is 5.91 Å². The number of benzene rings is 5. The highest BCUT2D eigenvalue weighted by molar-refractivity contribution is 7.99. The molecule has 0 atom stereocenters. The van der Waals surface area contributed by atoms with Crippen LogP contribution in [0.1, 0.15) is 60.3 Å². The molecule has 2 N–H and O–H groups in total. The number of anilines is 1. The van der Waals surface area contributed by atoms with Gasteiger partial charge in [-0.3, -0.25) is 9.69 Å². The molecule has 4 aliphatic heterocycles. The number of piperazine rings is 1. The number of carbonyl (C=O) groups is 1. The van der Waals surface area contributed by atoms with E-state index in [1.807, 2.05) is 60.3 Å². The summed E-state index contributed by atoms with van der Waals surface area (Å²) < 4.78 is 27.0. The van der Waals surface area contributed by atoms with Crippen LogP contribution < -0.4 is 10.2 Å². The van der Waals surface area contributed by atoms with Gasteiger partial charge in [-0.1, -0.05) is 90.1 Å². The first kappa shape index (κ1) is 44.1. The molecule has 7 nitrogen and oxygen atoms in total. The summed E-state index contributed by atoms with van der Waals surface area (Å²) in [5.74, 6) is -0.293. The van der Waals surface area contributed by atoms with Crippen molar-refractivity contribution in [2.24, 2.45) is 0 Å². The third kappa shape index (κ3) is 10.4. The lowest BCUT2D eigenvalue weighted by molar-refractivity contribution is -0.125. The highest BCUT2D eigenvalue weighted by atomic mass is 35.5. The van der Waals surface area contributed by atoms with E-state index in [0.717, 1.165) is 113 Å². The molecule has 9 rings (SSSR count). The van der Waals surface area contributed by atoms with Crippen LogP contribution in [0.2, 0.25) is 5.02 Å². The van der Waals surface area contributed by atoms with Crippen molar-refractivity contribution in [1.29, 1.82) is 0 Å². The van der Waals surface area contributed by atoms with E-state index in [2.05, 4.69) is 79.5 Å². The fraction of sp³-hybridized carbons (Fsp3) is 0.353. The molecule has 5 aromatic rings. The smallest absolute Gasteiger partial charge is 0.247 e. The lowest BCUT2D eigenvalue weighted by atomic mass is 9.85. The van der Waals surface area contributed by atoms with Gasteiger partial charge in [-0.05, 0) is 127 Å². The minimum Gasteiger partial charge on any atom is -0.395 e. The van der Waals surface area contributed by atoms with Crippen LogP contribution in [0.25, 0.3) is 5.57 Å². The first-order valence-corrected chi connectivity index (χ1v) is 23.2. The quantitative estimate of drug-likeness (QED) is 0.127. The molecule has 62 heavy (non-hydrogen) atoms. The van der Waals surface area contributed by atoms with Crippen LogP contribution >= 0.6 is 23.4 Å². The number of aliphatic hydroxyl groups is 1. The summed E-state index contributed by atoms with van der Waals surface area (Å²) >= 11 is 8.12. The van der Waals surface area contributed by atoms with Crippen molar-refractivity contribution in [2.45, 2.75) is 53.4 Å². The second-order valence-electron chi connectivity index (χ2n) is 16.7. The number of hydrogen-bond donors (Lipinski definition) is 2. The van der Waals surface area contributed by atoms with E-state index in [1.165, 1.54) is 50.8 Å². The Morgan fingerprint density at radius 2 is 1.31 bits per heavy atom. The molecule has 1 spiro atoms. The number of β-amino-alcohol motifs (C(OH)–C–C–N with tert-alkyl or cyclic N) is 1. The Hall–Kier alpha value is -4.55. The van der Waals surface area contributed by atoms with Crippen LogP contribution in [0.4, 0.5) is 14.5 Å². The maximum absolute atomic E-state index is 13.5. The number of piperidine rings is 1. The van der Waals surface area contributed by atoms with Gasteiger partial charge >= 0.3 is 0 Å². The van der Waals surface area contributed by atoms with Gasteiger partial charge in [0.25, 0.3) is 0 Å². The van der Waals surface area contributed by atoms with Crippen LogP contribution in [0, 0.1) is 11.6 Å². The molecular formula is C51H56ClF2N5O2S. The van der Waals surface area contributed by atoms with Gasteiger partial charge in [-0.2, -0.15) is 0 Å². The van der Waals surface area contributed by atoms with E-state index < -0.39 is 5.54 Å². The predicted octanol–water partition coefficient (Wildman–Crippen LogP) is 9.54. The molecular weight excluding hydrogens is 820 g/mol. The van der Waals surface area contributed by atoms with E-state index >= 15 is 0 Å². The lowest BCUT2D eigenvalue weighted by Crippen LogP contribution is -2.56. The third-order valence-electron chi connectivity index (χ3n) is 12.9. The zero-order valence-corrected chi connectivity index (χ0v) is 36.8. The molecule has 11 heteroatoms. The fourth-order valence-corrected chi connectivity index (χ4v) is 10.7. The number of likely N-dealkylation sites (tertiary alicyclic amines) is 1. The van der Waals surface area contributed by atoms with Crippen molar-refractivity contribution in [3.8, 4) is 0 Å². The first-order valence-electron chi connectivity index (χ1n) is 22.0. The molecule has 0 aromatic heterocycles. The summed E-state index contributed by atoms with van der Waals surface area (Å²) in [6.07, 6.45) is 6.85. The molecule has 4 heterocycles. The van der Waals surface area contributed by atoms with Gasteiger partial charge in [0.05, 0.1) is 13.3 Å². The van der Waals surface area contributed by atoms with Gasteiger partial charge < -0.3 is 25.1 Å². The zero-order valence-electron chi connectivity index (χ0n) is 35.2. The molecule has 0 unspecified atom stereocenters. The summed E-state index contributed by atoms with van der Waals surface area (Å²) in [7, 11) is 0. The van der Waals surface area contributed by atoms with Crippen molar-refractivity contribution in [2.75, 3.05) is 77.1 Å². The maximum atomic E-state index is 13.5. The molecule has 3 saturated heterocycles. The Morgan fingerprint density at radius 3 is 1.97 bits per heavy atom. The summed E-state index contributed by atoms with van der Waals surface area (Å²) in [5.41, 5.74) is 6.56. The van der Waals surface area contributed by atoms with Crippen molar-refractivity contribution in [1.82, 2.24) is 20.0 Å². The van der Waals surface area contributed by atoms with Crippen molar-refractivity contribution >= 4 is 40.5 Å². The van der Waals surface area contributed by atoms with Crippen molar-refractivity contribution in [3.63, 3.8) is 0 Å². The number of amides is 1. The van der Waals surface area contributed by atoms with E-state index in [9.17, 15) is 13.6 Å². The average Bonchev–Trinajstić information content (AvgIpc) is 3.61. The molecule has 0 radical (unpaired) electrons. The Morgan fingerprint density at radius 1 is 0.710 bits per heavy atom. The second-order valence-corrected chi connectivity index (χ2v) is 18.2. The minimum absolute atomic E-state index is 0.0847. The topological polar surface area (TPSA) is 62.3 Å². The number of halogens is 3. The normalized spacial score (nSPS) is 18.4. The molecule has 3 fully saturated rings. The largest absolute Gasteiger partial charge is 0.395 e. The first-order chi connectivity index (χ1) is 30.3. The Bertz CT molecular complexity index is 2240. The molecule has 0 saturated carbocycles. The monoisotopic (exact) mass is 875 g/mol. The van der Waals surface area contributed by atoms with Gasteiger partial charge in [-0.15, -0.1) is 0 Å². The van der Waals surface area contributed by atoms with Crippen LogP contribution in [-0.2, 0) is 4.79 Å². The van der Waals surface area contributed by atoms with Crippen LogP contribution in [-0.4, -0.2) is 103 Å². The Balaban J connectivity index is 0.000000176. The summed E-state index contributed by atoms with van der Waals surface area (Å²) in [6.45, 7) is 9.61. The van der Waals surface area contributed by atoms with Crippen LogP contribution in [0.15, 0.2) is 137 Å². The van der Waals surface area contributed by atoms with Crippen molar-refractivity contribution < 1.29 is 18.7 Å². The number of nitrogens with zero attached hydrogens (tertiary/aromatic N) is 4. The third-order valence-corrected chi connectivity index (χ3v) is 14.3. The SMILES string of the molecule is O=C1NCN(c2ccccc2)C12CCN(CCCC(c1ccc(F)cc1)c1ccc(F)cc1)CC2.OCCN1CCN(CC/C=C2/c3ccccc3Sc3ccc(Cl)cc32)CC1. The Kier molecular flexibility index (Phi) is 14.8. The fourth-order valence-electron chi connectivity index (χ4n) is 9.45. The molecule has 1 amide bonds. The van der Waals surface area contributed by atoms with E-state index in [1.54, 1.807) is 0 Å². The Labute approximate surface area is 374 Å². The number of nitrogens with one attached hydrogen (secondary N) is 1. The highest BCUT2D eigenvalue weighted by Crippen LogP contribution is 2.46. The van der Waals surface area contributed by atoms with Gasteiger partial charge in [0, 0.05) is 78.8 Å². The minimum atomic E-state index is -0.470. The number of aliphatic hydroxyl groups excluding tert-OH is 1. The molecule has 0 aliphatic carbocycles. The van der Waals surface area contributed by atoms with Crippen molar-refractivity contribution in [3.05, 3.63) is 166 Å². The van der Waals surface area contributed by atoms with E-state index in [4.69, 9.17) is 16.7 Å². The summed E-state index contributed by atoms with van der Waals surface area (Å²) in [4.78, 5) is 25.0. The number of para-hydroxylation sites is 1. The standard InChI is InChI=1S/C29H31F2N3O.C22H25ClN2OS/c30-24-12-8-22(9-13-24)27(23-10-14-25(31)15-11-23)7-4-18-33-19-16-29(17-20-33)28(35)32-21-34(29)26-5-2-1-3-6-26;23-17-7-8-22-20(16-17)18(19-4-1-2-6-21(19)27-22)5-3-9-24-10-12-25(13-11-24)14-15-26/h1-3,5-6,8-15,27H,4,7,16-21H2,(H,32,35);1-2,4-8,16,26H,3,9-15H2/b;18-5-. The van der Waals surface area contributed by atoms with Crippen LogP contribution in [0.5, 0.6) is 0 Å². The van der Waals surface area contributed by atoms with Gasteiger partial charge in [0.15, 0.2) is 0 Å². The van der Waals surface area contributed by atoms with Gasteiger partial charge in [-0.25, -0.2) is 8.78 Å². The molecule has 324 valence electrons. The summed E-state index contributed by atoms with van der Waals surface area (Å²) in [5, 5.41) is 12.9.